The number of hydrogen-bond donors (Lipinski definition) is 1. The number of nitrogens with one attached hydrogen (secondary N) is 1. The van der Waals surface area contributed by atoms with E-state index in [1.807, 2.05) is 6.07 Å². The van der Waals surface area contributed by atoms with Gasteiger partial charge in [-0.3, -0.25) is 0 Å². The molecule has 1 unspecified atom stereocenters. The van der Waals surface area contributed by atoms with Gasteiger partial charge >= 0.3 is 5.97 Å². The molecule has 1 fully saturated rings. The fourth-order valence-corrected chi connectivity index (χ4v) is 2.67. The molecule has 1 aromatic carbocycles. The van der Waals surface area contributed by atoms with Gasteiger partial charge in [0.05, 0.1) is 12.7 Å². The summed E-state index contributed by atoms with van der Waals surface area (Å²) in [6, 6.07) is 7.04. The van der Waals surface area contributed by atoms with Gasteiger partial charge in [0.2, 0.25) is 11.7 Å². The highest BCUT2D eigenvalue weighted by atomic mass is 35.5. The number of aryl methyl sites for hydroxylation is 1. The lowest BCUT2D eigenvalue weighted by atomic mass is 10.0. The maximum absolute atomic E-state index is 11.6. The Balaban J connectivity index is 0.00000192. The molecule has 6 nitrogen and oxygen atoms in total. The predicted molar refractivity (Wildman–Crippen MR) is 87.6 cm³/mol. The molecule has 0 spiro atoms. The van der Waals surface area contributed by atoms with E-state index < -0.39 is 0 Å². The van der Waals surface area contributed by atoms with E-state index in [1.54, 1.807) is 18.2 Å². The number of carbonyl (C=O) groups is 1. The van der Waals surface area contributed by atoms with Crippen molar-refractivity contribution < 1.29 is 14.1 Å². The molecule has 7 heteroatoms. The molecule has 1 aliphatic rings. The summed E-state index contributed by atoms with van der Waals surface area (Å²) in [7, 11) is 1.36. The Kier molecular flexibility index (Phi) is 6.12. The van der Waals surface area contributed by atoms with Crippen molar-refractivity contribution in [3.63, 3.8) is 0 Å². The number of nitrogens with zero attached hydrogens (tertiary/aromatic N) is 2. The lowest BCUT2D eigenvalue weighted by molar-refractivity contribution is 0.0601. The zero-order chi connectivity index (χ0) is 15.4. The number of aromatic nitrogens is 2. The minimum Gasteiger partial charge on any atom is -0.465 e. The SMILES string of the molecule is COC(=O)c1cccc(-c2noc(CCC3CCNC3)n2)c1.Cl. The summed E-state index contributed by atoms with van der Waals surface area (Å²) >= 11 is 0. The predicted octanol–water partition coefficient (Wildman–Crippen LogP) is 2.49. The molecule has 0 radical (unpaired) electrons. The van der Waals surface area contributed by atoms with Gasteiger partial charge in [0.25, 0.3) is 0 Å². The van der Waals surface area contributed by atoms with E-state index in [2.05, 4.69) is 15.5 Å². The zero-order valence-electron chi connectivity index (χ0n) is 12.9. The Labute approximate surface area is 141 Å². The van der Waals surface area contributed by atoms with Crippen molar-refractivity contribution in [3.8, 4) is 11.4 Å². The van der Waals surface area contributed by atoms with Crippen LogP contribution in [0, 0.1) is 5.92 Å². The van der Waals surface area contributed by atoms with E-state index in [4.69, 9.17) is 9.26 Å². The topological polar surface area (TPSA) is 77.2 Å². The average molecular weight is 338 g/mol. The smallest absolute Gasteiger partial charge is 0.337 e. The van der Waals surface area contributed by atoms with E-state index in [0.29, 0.717) is 23.2 Å². The fourth-order valence-electron chi connectivity index (χ4n) is 2.67. The second-order valence-electron chi connectivity index (χ2n) is 5.48. The highest BCUT2D eigenvalue weighted by molar-refractivity contribution is 5.90. The molecular formula is C16H20ClN3O3. The summed E-state index contributed by atoms with van der Waals surface area (Å²) in [6.45, 7) is 2.17. The number of benzene rings is 1. The minimum absolute atomic E-state index is 0. The second-order valence-corrected chi connectivity index (χ2v) is 5.48. The van der Waals surface area contributed by atoms with Crippen molar-refractivity contribution in [2.45, 2.75) is 19.3 Å². The van der Waals surface area contributed by atoms with Crippen LogP contribution in [-0.4, -0.2) is 36.3 Å². The molecule has 2 heterocycles. The van der Waals surface area contributed by atoms with Crippen molar-refractivity contribution in [2.75, 3.05) is 20.2 Å². The van der Waals surface area contributed by atoms with Crippen LogP contribution in [-0.2, 0) is 11.2 Å². The standard InChI is InChI=1S/C16H19N3O3.ClH/c1-21-16(20)13-4-2-3-12(9-13)15-18-14(22-19-15)6-5-11-7-8-17-10-11;/h2-4,9,11,17H,5-8,10H2,1H3;1H. The molecule has 3 rings (SSSR count). The quantitative estimate of drug-likeness (QED) is 0.845. The van der Waals surface area contributed by atoms with Crippen LogP contribution >= 0.6 is 12.4 Å². The number of esters is 1. The third kappa shape index (κ3) is 4.30. The van der Waals surface area contributed by atoms with Crippen LogP contribution in [0.4, 0.5) is 0 Å². The van der Waals surface area contributed by atoms with Crippen molar-refractivity contribution >= 4 is 18.4 Å². The number of ether oxygens (including phenoxy) is 1. The van der Waals surface area contributed by atoms with Crippen molar-refractivity contribution in [3.05, 3.63) is 35.7 Å². The van der Waals surface area contributed by atoms with E-state index in [0.717, 1.165) is 31.5 Å². The minimum atomic E-state index is -0.376. The summed E-state index contributed by atoms with van der Waals surface area (Å²) in [4.78, 5) is 16.0. The second kappa shape index (κ2) is 8.08. The third-order valence-corrected chi connectivity index (χ3v) is 3.94. The van der Waals surface area contributed by atoms with Crippen molar-refractivity contribution in [1.29, 1.82) is 0 Å². The monoisotopic (exact) mass is 337 g/mol. The fraction of sp³-hybridized carbons (Fsp3) is 0.438. The van der Waals surface area contributed by atoms with Crippen LogP contribution in [0.25, 0.3) is 11.4 Å². The van der Waals surface area contributed by atoms with Crippen molar-refractivity contribution in [1.82, 2.24) is 15.5 Å². The number of methoxy groups -OCH3 is 1. The third-order valence-electron chi connectivity index (χ3n) is 3.94. The maximum Gasteiger partial charge on any atom is 0.337 e. The van der Waals surface area contributed by atoms with E-state index in [9.17, 15) is 4.79 Å². The van der Waals surface area contributed by atoms with Crippen LogP contribution in [0.15, 0.2) is 28.8 Å². The first-order chi connectivity index (χ1) is 10.8. The molecule has 0 bridgehead atoms. The first-order valence-corrected chi connectivity index (χ1v) is 7.48. The Bertz CT molecular complexity index is 654. The van der Waals surface area contributed by atoms with Gasteiger partial charge < -0.3 is 14.6 Å². The van der Waals surface area contributed by atoms with Gasteiger partial charge in [-0.15, -0.1) is 12.4 Å². The van der Waals surface area contributed by atoms with Crippen molar-refractivity contribution in [2.24, 2.45) is 5.92 Å². The average Bonchev–Trinajstić information content (AvgIpc) is 3.23. The van der Waals surface area contributed by atoms with E-state index in [-0.39, 0.29) is 18.4 Å². The summed E-state index contributed by atoms with van der Waals surface area (Å²) < 4.78 is 10.0. The van der Waals surface area contributed by atoms with Crippen LogP contribution in [0.2, 0.25) is 0 Å². The molecule has 23 heavy (non-hydrogen) atoms. The number of rotatable bonds is 5. The number of carbonyl (C=O) groups excluding carboxylic acids is 1. The van der Waals surface area contributed by atoms with E-state index in [1.165, 1.54) is 13.5 Å². The van der Waals surface area contributed by atoms with Gasteiger partial charge in [0.15, 0.2) is 0 Å². The molecule has 0 saturated carbocycles. The highest BCUT2D eigenvalue weighted by Crippen LogP contribution is 2.20. The molecule has 1 atom stereocenters. The van der Waals surface area contributed by atoms with E-state index >= 15 is 0 Å². The molecule has 1 aromatic heterocycles. The Morgan fingerprint density at radius 2 is 2.35 bits per heavy atom. The Hall–Kier alpha value is -1.92. The van der Waals surface area contributed by atoms with Gasteiger partial charge in [-0.2, -0.15) is 4.98 Å². The Morgan fingerprint density at radius 3 is 3.09 bits per heavy atom. The molecule has 0 amide bonds. The molecular weight excluding hydrogens is 318 g/mol. The van der Waals surface area contributed by atoms with Gasteiger partial charge in [-0.1, -0.05) is 17.3 Å². The number of halogens is 1. The van der Waals surface area contributed by atoms with Gasteiger partial charge in [-0.25, -0.2) is 4.79 Å². The summed E-state index contributed by atoms with van der Waals surface area (Å²) in [5, 5.41) is 7.36. The van der Waals surface area contributed by atoms with Gasteiger partial charge in [0.1, 0.15) is 0 Å². The van der Waals surface area contributed by atoms with Gasteiger partial charge in [0, 0.05) is 12.0 Å². The van der Waals surface area contributed by atoms with Crippen LogP contribution in [0.5, 0.6) is 0 Å². The molecule has 0 aliphatic carbocycles. The van der Waals surface area contributed by atoms with Crippen LogP contribution < -0.4 is 5.32 Å². The first-order valence-electron chi connectivity index (χ1n) is 7.48. The molecule has 1 aliphatic heterocycles. The molecule has 1 N–H and O–H groups in total. The largest absolute Gasteiger partial charge is 0.465 e. The lowest BCUT2D eigenvalue weighted by Crippen LogP contribution is -2.09. The zero-order valence-corrected chi connectivity index (χ0v) is 13.8. The summed E-state index contributed by atoms with van der Waals surface area (Å²) in [5.74, 6) is 1.47. The normalized spacial score (nSPS) is 16.8. The number of hydrogen-bond acceptors (Lipinski definition) is 6. The highest BCUT2D eigenvalue weighted by Gasteiger charge is 2.17. The Morgan fingerprint density at radius 1 is 1.48 bits per heavy atom. The van der Waals surface area contributed by atoms with Crippen LogP contribution in [0.3, 0.4) is 0 Å². The summed E-state index contributed by atoms with van der Waals surface area (Å²) in [5.41, 5.74) is 1.23. The molecule has 124 valence electrons. The maximum atomic E-state index is 11.6. The first kappa shape index (κ1) is 17.4. The van der Waals surface area contributed by atoms with Gasteiger partial charge in [-0.05, 0) is 44.0 Å². The molecule has 1 saturated heterocycles. The molecule has 2 aromatic rings. The summed E-state index contributed by atoms with van der Waals surface area (Å²) in [6.07, 6.45) is 3.05. The van der Waals surface area contributed by atoms with Crippen LogP contribution in [0.1, 0.15) is 29.1 Å². The lowest BCUT2D eigenvalue weighted by Gasteiger charge is -2.04.